The largest absolute Gasteiger partial charge is 0.338 e. The first-order valence-electron chi connectivity index (χ1n) is 10.8. The molecule has 0 spiro atoms. The molecule has 0 N–H and O–H groups in total. The highest BCUT2D eigenvalue weighted by molar-refractivity contribution is 7.08. The molecule has 33 heavy (non-hydrogen) atoms. The molecule has 170 valence electrons. The van der Waals surface area contributed by atoms with Gasteiger partial charge in [0, 0.05) is 37.1 Å². The lowest BCUT2D eigenvalue weighted by Gasteiger charge is -2.33. The van der Waals surface area contributed by atoms with Gasteiger partial charge in [-0.15, -0.1) is 0 Å². The second-order valence-electron chi connectivity index (χ2n) is 7.84. The lowest BCUT2D eigenvalue weighted by molar-refractivity contribution is 0.0614. The van der Waals surface area contributed by atoms with Crippen LogP contribution in [-0.2, 0) is 13.0 Å². The summed E-state index contributed by atoms with van der Waals surface area (Å²) in [6, 6.07) is 8.08. The maximum absolute atomic E-state index is 13.3. The van der Waals surface area contributed by atoms with Gasteiger partial charge in [0.25, 0.3) is 5.91 Å². The van der Waals surface area contributed by atoms with Gasteiger partial charge in [0.1, 0.15) is 5.82 Å². The highest BCUT2D eigenvalue weighted by Gasteiger charge is 2.26. The van der Waals surface area contributed by atoms with E-state index in [9.17, 15) is 9.18 Å². The molecule has 0 saturated carbocycles. The van der Waals surface area contributed by atoms with Crippen molar-refractivity contribution in [2.75, 3.05) is 26.2 Å². The molecule has 1 amide bonds. The number of amides is 1. The first kappa shape index (κ1) is 21.5. The van der Waals surface area contributed by atoms with Crippen molar-refractivity contribution in [3.8, 4) is 17.1 Å². The normalized spacial score (nSPS) is 14.7. The molecule has 8 nitrogen and oxygen atoms in total. The third-order valence-corrected chi connectivity index (χ3v) is 6.45. The lowest BCUT2D eigenvalue weighted by atomic mass is 10.1. The SMILES string of the molecule is CCc1c(C(=O)N2CCN(Cc3nc(-c4ccsc4)no3)CC2)cnn1-c1ccc(F)cc1. The molecule has 0 bridgehead atoms. The van der Waals surface area contributed by atoms with Crippen molar-refractivity contribution in [1.29, 1.82) is 0 Å². The van der Waals surface area contributed by atoms with Gasteiger partial charge in [-0.1, -0.05) is 12.1 Å². The third kappa shape index (κ3) is 4.44. The fourth-order valence-corrected chi connectivity index (χ4v) is 4.63. The lowest BCUT2D eigenvalue weighted by Crippen LogP contribution is -2.48. The Morgan fingerprint density at radius 1 is 1.15 bits per heavy atom. The first-order chi connectivity index (χ1) is 16.1. The summed E-state index contributed by atoms with van der Waals surface area (Å²) in [6.07, 6.45) is 2.25. The summed E-state index contributed by atoms with van der Waals surface area (Å²) >= 11 is 1.59. The van der Waals surface area contributed by atoms with Gasteiger partial charge in [0.2, 0.25) is 11.7 Å². The van der Waals surface area contributed by atoms with Crippen molar-refractivity contribution in [2.45, 2.75) is 19.9 Å². The fourth-order valence-electron chi connectivity index (χ4n) is 4.00. The van der Waals surface area contributed by atoms with Crippen LogP contribution in [0.25, 0.3) is 17.1 Å². The van der Waals surface area contributed by atoms with Crippen molar-refractivity contribution in [3.63, 3.8) is 0 Å². The molecule has 0 radical (unpaired) electrons. The number of thiophene rings is 1. The van der Waals surface area contributed by atoms with Gasteiger partial charge in [-0.3, -0.25) is 9.69 Å². The number of hydrogen-bond acceptors (Lipinski definition) is 7. The Labute approximate surface area is 194 Å². The smallest absolute Gasteiger partial charge is 0.257 e. The van der Waals surface area contributed by atoms with Crippen LogP contribution in [0.2, 0.25) is 0 Å². The van der Waals surface area contributed by atoms with E-state index in [0.29, 0.717) is 43.3 Å². The number of halogens is 1. The molecule has 4 aromatic rings. The van der Waals surface area contributed by atoms with E-state index in [1.54, 1.807) is 34.3 Å². The molecule has 0 atom stereocenters. The molecule has 4 heterocycles. The van der Waals surface area contributed by atoms with Gasteiger partial charge >= 0.3 is 0 Å². The summed E-state index contributed by atoms with van der Waals surface area (Å²) in [7, 11) is 0. The zero-order chi connectivity index (χ0) is 22.8. The second kappa shape index (κ2) is 9.24. The van der Waals surface area contributed by atoms with Crippen LogP contribution in [0.5, 0.6) is 0 Å². The number of rotatable bonds is 6. The predicted octanol–water partition coefficient (Wildman–Crippen LogP) is 3.64. The Morgan fingerprint density at radius 3 is 2.64 bits per heavy atom. The molecule has 1 aromatic carbocycles. The molecule has 3 aromatic heterocycles. The maximum Gasteiger partial charge on any atom is 0.257 e. The van der Waals surface area contributed by atoms with E-state index in [2.05, 4.69) is 20.1 Å². The highest BCUT2D eigenvalue weighted by atomic mass is 32.1. The highest BCUT2D eigenvalue weighted by Crippen LogP contribution is 2.21. The van der Waals surface area contributed by atoms with Gasteiger partial charge < -0.3 is 9.42 Å². The van der Waals surface area contributed by atoms with E-state index in [1.807, 2.05) is 28.7 Å². The van der Waals surface area contributed by atoms with Crippen LogP contribution in [0.1, 0.15) is 28.9 Å². The fraction of sp³-hybridized carbons (Fsp3) is 0.304. The van der Waals surface area contributed by atoms with Crippen LogP contribution in [-0.4, -0.2) is 61.8 Å². The summed E-state index contributed by atoms with van der Waals surface area (Å²) in [4.78, 5) is 21.8. The topological polar surface area (TPSA) is 80.3 Å². The van der Waals surface area contributed by atoms with Gasteiger partial charge in [-0.05, 0) is 42.1 Å². The molecular formula is C23H23FN6O2S. The summed E-state index contributed by atoms with van der Waals surface area (Å²) in [5.41, 5.74) is 3.10. The Hall–Kier alpha value is -3.37. The first-order valence-corrected chi connectivity index (χ1v) is 11.8. The van der Waals surface area contributed by atoms with E-state index in [0.717, 1.165) is 30.0 Å². The summed E-state index contributed by atoms with van der Waals surface area (Å²) < 4.78 is 20.4. The van der Waals surface area contributed by atoms with E-state index < -0.39 is 0 Å². The van der Waals surface area contributed by atoms with Crippen molar-refractivity contribution < 1.29 is 13.7 Å². The molecular weight excluding hydrogens is 443 g/mol. The van der Waals surface area contributed by atoms with Crippen LogP contribution in [0, 0.1) is 5.82 Å². The van der Waals surface area contributed by atoms with Gasteiger partial charge in [-0.2, -0.15) is 21.4 Å². The number of carbonyl (C=O) groups excluding carboxylic acids is 1. The molecule has 1 fully saturated rings. The average Bonchev–Trinajstić information content (AvgIpc) is 3.60. The van der Waals surface area contributed by atoms with E-state index >= 15 is 0 Å². The monoisotopic (exact) mass is 466 g/mol. The maximum atomic E-state index is 13.3. The zero-order valence-corrected chi connectivity index (χ0v) is 19.0. The number of carbonyl (C=O) groups is 1. The van der Waals surface area contributed by atoms with Crippen molar-refractivity contribution in [3.05, 3.63) is 70.3 Å². The summed E-state index contributed by atoms with van der Waals surface area (Å²) in [5.74, 6) is 0.842. The molecule has 10 heteroatoms. The molecule has 0 aliphatic carbocycles. The number of hydrogen-bond donors (Lipinski definition) is 0. The molecule has 1 aliphatic heterocycles. The van der Waals surface area contributed by atoms with Crippen molar-refractivity contribution >= 4 is 17.2 Å². The number of piperazine rings is 1. The summed E-state index contributed by atoms with van der Waals surface area (Å²) in [5, 5.41) is 12.4. The number of aromatic nitrogens is 4. The van der Waals surface area contributed by atoms with Crippen LogP contribution in [0.4, 0.5) is 4.39 Å². The molecule has 1 aliphatic rings. The molecule has 1 saturated heterocycles. The van der Waals surface area contributed by atoms with Crippen LogP contribution in [0.15, 0.2) is 51.8 Å². The van der Waals surface area contributed by atoms with Crippen LogP contribution >= 0.6 is 11.3 Å². The minimum Gasteiger partial charge on any atom is -0.338 e. The third-order valence-electron chi connectivity index (χ3n) is 5.77. The minimum absolute atomic E-state index is 0.0302. The summed E-state index contributed by atoms with van der Waals surface area (Å²) in [6.45, 7) is 5.19. The Bertz CT molecular complexity index is 1230. The average molecular weight is 467 g/mol. The van der Waals surface area contributed by atoms with Crippen LogP contribution < -0.4 is 0 Å². The van der Waals surface area contributed by atoms with Gasteiger partial charge in [0.05, 0.1) is 29.7 Å². The second-order valence-corrected chi connectivity index (χ2v) is 8.62. The van der Waals surface area contributed by atoms with Crippen LogP contribution in [0.3, 0.4) is 0 Å². The minimum atomic E-state index is -0.304. The molecule has 5 rings (SSSR count). The van der Waals surface area contributed by atoms with E-state index in [-0.39, 0.29) is 11.7 Å². The van der Waals surface area contributed by atoms with E-state index in [4.69, 9.17) is 4.52 Å². The Morgan fingerprint density at radius 2 is 1.94 bits per heavy atom. The van der Waals surface area contributed by atoms with Crippen molar-refractivity contribution in [1.82, 2.24) is 29.7 Å². The van der Waals surface area contributed by atoms with Gasteiger partial charge in [-0.25, -0.2) is 9.07 Å². The molecule has 0 unspecified atom stereocenters. The quantitative estimate of drug-likeness (QED) is 0.432. The Balaban J connectivity index is 1.22. The zero-order valence-electron chi connectivity index (χ0n) is 18.1. The standard InChI is InChI=1S/C23H23FN6O2S/c1-2-20-19(13-25-30(20)18-5-3-17(24)4-6-18)23(31)29-10-8-28(9-11-29)14-21-26-22(27-32-21)16-7-12-33-15-16/h3-7,12-13,15H,2,8-11,14H2,1H3. The number of benzene rings is 1. The Kier molecular flexibility index (Phi) is 6.01. The van der Waals surface area contributed by atoms with Crippen molar-refractivity contribution in [2.24, 2.45) is 0 Å². The number of nitrogens with zero attached hydrogens (tertiary/aromatic N) is 6. The van der Waals surface area contributed by atoms with E-state index in [1.165, 1.54) is 12.1 Å². The predicted molar refractivity (Wildman–Crippen MR) is 122 cm³/mol. The van der Waals surface area contributed by atoms with Gasteiger partial charge in [0.15, 0.2) is 0 Å².